The van der Waals surface area contributed by atoms with Gasteiger partial charge in [0.1, 0.15) is 18.4 Å². The maximum atomic E-state index is 13.4. The van der Waals surface area contributed by atoms with Crippen molar-refractivity contribution in [3.05, 3.63) is 34.9 Å². The number of halogens is 3. The summed E-state index contributed by atoms with van der Waals surface area (Å²) in [6, 6.07) is 4.24. The molecule has 0 bridgehead atoms. The van der Waals surface area contributed by atoms with Crippen LogP contribution in [0.4, 0.5) is 24.9 Å². The Labute approximate surface area is 203 Å². The highest BCUT2D eigenvalue weighted by atomic mass is 19.4. The van der Waals surface area contributed by atoms with Crippen molar-refractivity contribution in [2.45, 2.75) is 39.9 Å². The molecule has 1 aromatic carbocycles. The minimum atomic E-state index is -4.60. The third kappa shape index (κ3) is 8.60. The van der Waals surface area contributed by atoms with Crippen LogP contribution in [0, 0.1) is 11.3 Å². The molecule has 0 amide bonds. The van der Waals surface area contributed by atoms with Gasteiger partial charge >= 0.3 is 6.18 Å². The molecule has 0 saturated carbocycles. The van der Waals surface area contributed by atoms with E-state index in [0.29, 0.717) is 6.54 Å². The molecule has 192 valence electrons. The van der Waals surface area contributed by atoms with Crippen molar-refractivity contribution in [1.29, 1.82) is 5.26 Å². The number of ketones is 1. The zero-order chi connectivity index (χ0) is 25.5. The first-order chi connectivity index (χ1) is 15.9. The van der Waals surface area contributed by atoms with E-state index in [2.05, 4.69) is 15.3 Å². The van der Waals surface area contributed by atoms with Crippen LogP contribution in [0.15, 0.2) is 18.2 Å². The molecule has 0 radical (unpaired) electrons. The molecule has 2 aromatic rings. The summed E-state index contributed by atoms with van der Waals surface area (Å²) in [6.07, 6.45) is -4.90. The third-order valence-electron chi connectivity index (χ3n) is 4.60. The average Bonchev–Trinajstić information content (AvgIpc) is 2.72. The second kappa shape index (κ2) is 12.8. The monoisotopic (exact) mass is 496 g/mol. The highest BCUT2D eigenvalue weighted by Crippen LogP contribution is 2.33. The fourth-order valence-corrected chi connectivity index (χ4v) is 2.90. The lowest BCUT2D eigenvalue weighted by molar-refractivity contribution is -0.137. The Hall–Kier alpha value is -3.59. The quantitative estimate of drug-likeness (QED) is 0.480. The highest BCUT2D eigenvalue weighted by Gasteiger charge is 2.32. The molecule has 1 heterocycles. The molecule has 0 spiro atoms. The number of nitrogens with zero attached hydrogens (tertiary/aromatic N) is 4. The Morgan fingerprint density at radius 2 is 1.94 bits per heavy atom. The van der Waals surface area contributed by atoms with Crippen LogP contribution in [0.25, 0.3) is 0 Å². The Morgan fingerprint density at radius 1 is 1.26 bits per heavy atom. The van der Waals surface area contributed by atoms with E-state index in [4.69, 9.17) is 15.2 Å². The van der Waals surface area contributed by atoms with Crippen molar-refractivity contribution in [2.24, 2.45) is 0 Å². The van der Waals surface area contributed by atoms with Crippen LogP contribution in [0.5, 0.6) is 11.6 Å². The fraction of sp³-hybridized carbons (Fsp3) is 0.478. The first kappa shape index (κ1) is 29.4. The number of hydrogen-bond acceptors (Lipinski definition) is 9. The Morgan fingerprint density at radius 3 is 2.51 bits per heavy atom. The zero-order valence-electron chi connectivity index (χ0n) is 19.4. The van der Waals surface area contributed by atoms with Crippen LogP contribution in [0.1, 0.15) is 38.0 Å². The summed E-state index contributed by atoms with van der Waals surface area (Å²) >= 11 is 0. The Bertz CT molecular complexity index is 1050. The summed E-state index contributed by atoms with van der Waals surface area (Å²) in [5.74, 6) is -0.607. The van der Waals surface area contributed by atoms with Gasteiger partial charge in [-0.2, -0.15) is 28.4 Å². The molecule has 9 nitrogen and oxygen atoms in total. The number of alkyl halides is 3. The topological polar surface area (TPSA) is 126 Å². The van der Waals surface area contributed by atoms with Gasteiger partial charge in [-0.15, -0.1) is 0 Å². The molecular weight excluding hydrogens is 465 g/mol. The number of nitrogens with one attached hydrogen (secondary N) is 1. The number of aromatic nitrogens is 2. The van der Waals surface area contributed by atoms with Gasteiger partial charge in [0, 0.05) is 13.0 Å². The maximum Gasteiger partial charge on any atom is 0.416 e. The van der Waals surface area contributed by atoms with E-state index < -0.39 is 23.6 Å². The summed E-state index contributed by atoms with van der Waals surface area (Å²) in [5, 5.41) is 12.2. The van der Waals surface area contributed by atoms with Crippen molar-refractivity contribution < 1.29 is 27.4 Å². The largest absolute Gasteiger partial charge is 0.492 e. The van der Waals surface area contributed by atoms with Crippen molar-refractivity contribution in [2.75, 3.05) is 44.9 Å². The highest BCUT2D eigenvalue weighted by molar-refractivity contribution is 5.88. The van der Waals surface area contributed by atoms with Crippen molar-refractivity contribution >= 4 is 17.5 Å². The van der Waals surface area contributed by atoms with Crippen LogP contribution >= 0.6 is 0 Å². The molecule has 0 aliphatic carbocycles. The molecule has 0 aliphatic rings. The van der Waals surface area contributed by atoms with E-state index in [0.717, 1.165) is 12.1 Å². The predicted octanol–water partition coefficient (Wildman–Crippen LogP) is 3.54. The van der Waals surface area contributed by atoms with Gasteiger partial charge in [-0.05, 0) is 51.7 Å². The molecule has 1 atom stereocenters. The molecular formula is C23H31F3N6O3. The lowest BCUT2D eigenvalue weighted by atomic mass is 10.0. The summed E-state index contributed by atoms with van der Waals surface area (Å²) in [5.41, 5.74) is 4.86. The van der Waals surface area contributed by atoms with Gasteiger partial charge in [-0.1, -0.05) is 7.43 Å². The summed E-state index contributed by atoms with van der Waals surface area (Å²) in [6.45, 7) is 4.14. The number of ether oxygens (including phenoxy) is 2. The molecule has 35 heavy (non-hydrogen) atoms. The van der Waals surface area contributed by atoms with Gasteiger partial charge in [0.15, 0.2) is 17.2 Å². The molecule has 3 N–H and O–H groups in total. The number of likely N-dealkylation sites (N-methyl/N-ethyl adjacent to an activating group) is 1. The number of hydrogen-bond donors (Lipinski definition) is 2. The van der Waals surface area contributed by atoms with E-state index in [1.54, 1.807) is 6.92 Å². The van der Waals surface area contributed by atoms with Crippen molar-refractivity contribution in [1.82, 2.24) is 14.9 Å². The number of carbonyl (C=O) groups is 1. The first-order valence-electron chi connectivity index (χ1n) is 10.4. The first-order valence-corrected chi connectivity index (χ1v) is 10.4. The second-order valence-corrected chi connectivity index (χ2v) is 7.68. The summed E-state index contributed by atoms with van der Waals surface area (Å²) in [7, 11) is 3.63. The number of nitriles is 1. The fourth-order valence-electron chi connectivity index (χ4n) is 2.90. The Balaban J connectivity index is 0.00000612. The van der Waals surface area contributed by atoms with Crippen molar-refractivity contribution in [3.8, 4) is 17.7 Å². The van der Waals surface area contributed by atoms with Crippen LogP contribution in [0.3, 0.4) is 0 Å². The summed E-state index contributed by atoms with van der Waals surface area (Å²) < 4.78 is 50.9. The van der Waals surface area contributed by atoms with E-state index in [1.165, 1.54) is 13.0 Å². The average molecular weight is 497 g/mol. The Kier molecular flexibility index (Phi) is 10.7. The zero-order valence-corrected chi connectivity index (χ0v) is 19.4. The molecule has 2 rings (SSSR count). The van der Waals surface area contributed by atoms with Gasteiger partial charge < -0.3 is 25.4 Å². The number of anilines is 2. The van der Waals surface area contributed by atoms with Gasteiger partial charge in [0.25, 0.3) is 0 Å². The van der Waals surface area contributed by atoms with E-state index in [9.17, 15) is 23.2 Å². The molecule has 0 fully saturated rings. The minimum Gasteiger partial charge on any atom is -0.492 e. The van der Waals surface area contributed by atoms with E-state index in [1.807, 2.05) is 25.1 Å². The van der Waals surface area contributed by atoms with Crippen LogP contribution in [0.2, 0.25) is 0 Å². The number of nitrogens with two attached hydrogens (primary N) is 1. The van der Waals surface area contributed by atoms with E-state index in [-0.39, 0.29) is 61.6 Å². The smallest absolute Gasteiger partial charge is 0.416 e. The number of benzene rings is 1. The van der Waals surface area contributed by atoms with Crippen LogP contribution < -0.4 is 20.5 Å². The normalized spacial score (nSPS) is 11.9. The third-order valence-corrected chi connectivity index (χ3v) is 4.60. The predicted molar refractivity (Wildman–Crippen MR) is 126 cm³/mol. The van der Waals surface area contributed by atoms with Crippen molar-refractivity contribution in [3.63, 3.8) is 0 Å². The van der Waals surface area contributed by atoms with Gasteiger partial charge in [-0.3, -0.25) is 4.79 Å². The van der Waals surface area contributed by atoms with Crippen LogP contribution in [-0.4, -0.2) is 60.5 Å². The number of rotatable bonds is 11. The standard InChI is InChI=1S/C22H27F3N6O3.CH4/c1-5-33-20-17(12-26)19(29-21(27)30-20)28-13(2)18(32)10-14-8-15(22(23,24)25)11-16(9-14)34-7-6-31(3)4;/h8-9,11,13H,5-7,10H2,1-4H3,(H3,27,28,29,30);1H4/t13-;/m0./s1. The number of Topliss-reactive ketones (excluding diaryl/α,β-unsaturated/α-hetero) is 1. The lowest BCUT2D eigenvalue weighted by Gasteiger charge is -2.17. The van der Waals surface area contributed by atoms with E-state index >= 15 is 0 Å². The van der Waals surface area contributed by atoms with Gasteiger partial charge in [0.05, 0.1) is 18.2 Å². The maximum absolute atomic E-state index is 13.4. The van der Waals surface area contributed by atoms with Gasteiger partial charge in [0.2, 0.25) is 11.8 Å². The van der Waals surface area contributed by atoms with Gasteiger partial charge in [-0.25, -0.2) is 0 Å². The second-order valence-electron chi connectivity index (χ2n) is 7.68. The lowest BCUT2D eigenvalue weighted by Crippen LogP contribution is -2.29. The van der Waals surface area contributed by atoms with Crippen LogP contribution in [-0.2, 0) is 17.4 Å². The molecule has 12 heteroatoms. The SMILES string of the molecule is C.CCOc1nc(N)nc(N[C@@H](C)C(=O)Cc2cc(OCCN(C)C)cc(C(F)(F)F)c2)c1C#N. The molecule has 0 saturated heterocycles. The summed E-state index contributed by atoms with van der Waals surface area (Å²) in [4.78, 5) is 22.5. The molecule has 0 aliphatic heterocycles. The number of carbonyl (C=O) groups excluding carboxylic acids is 1. The number of nitrogen functional groups attached to an aromatic ring is 1. The molecule has 1 aromatic heterocycles. The molecule has 0 unspecified atom stereocenters. The minimum absolute atomic E-state index is 0.